The number of nitrogens with one attached hydrogen (secondary N) is 4. The van der Waals surface area contributed by atoms with Gasteiger partial charge in [0.05, 0.1) is 49.1 Å². The van der Waals surface area contributed by atoms with Crippen LogP contribution in [0.2, 0.25) is 0 Å². The van der Waals surface area contributed by atoms with Crippen LogP contribution in [-0.4, -0.2) is 93.1 Å². The molecular weight excluding hydrogens is 773 g/mol. The average Bonchev–Trinajstić information content (AvgIpc) is 4.08. The van der Waals surface area contributed by atoms with E-state index in [0.717, 1.165) is 91.1 Å². The van der Waals surface area contributed by atoms with Gasteiger partial charge in [-0.2, -0.15) is 0 Å². The van der Waals surface area contributed by atoms with Crippen molar-refractivity contribution in [3.8, 4) is 33.6 Å². The van der Waals surface area contributed by atoms with Crippen LogP contribution in [0.5, 0.6) is 0 Å². The quantitative estimate of drug-likeness (QED) is 0.118. The molecule has 2 aromatic heterocycles. The summed E-state index contributed by atoms with van der Waals surface area (Å²) in [4.78, 5) is 73.0. The normalized spacial score (nSPS) is 22.3. The number of carbonyl (C=O) groups is 4. The van der Waals surface area contributed by atoms with Gasteiger partial charge in [0, 0.05) is 18.7 Å². The van der Waals surface area contributed by atoms with Crippen LogP contribution in [0.3, 0.4) is 0 Å². The summed E-state index contributed by atoms with van der Waals surface area (Å²) in [7, 11) is 2.61. The molecule has 5 atom stereocenters. The van der Waals surface area contributed by atoms with E-state index in [2.05, 4.69) is 77.8 Å². The molecule has 3 aliphatic rings. The van der Waals surface area contributed by atoms with Crippen LogP contribution in [0.25, 0.3) is 33.6 Å². The molecule has 7 rings (SSSR count). The fraction of sp³-hybridized carbons (Fsp3) is 0.532. The fourth-order valence-corrected chi connectivity index (χ4v) is 9.69. The molecule has 4 heterocycles. The Kier molecular flexibility index (Phi) is 12.6. The van der Waals surface area contributed by atoms with E-state index in [1.54, 1.807) is 0 Å². The van der Waals surface area contributed by atoms with Gasteiger partial charge in [-0.15, -0.1) is 0 Å². The molecule has 0 spiro atoms. The summed E-state index contributed by atoms with van der Waals surface area (Å²) >= 11 is 0. The summed E-state index contributed by atoms with van der Waals surface area (Å²) in [5.74, 6) is 1.38. The molecule has 0 saturated carbocycles. The number of piperidine rings is 2. The number of hydrogen-bond donors (Lipinski definition) is 4. The van der Waals surface area contributed by atoms with Gasteiger partial charge in [0.15, 0.2) is 0 Å². The van der Waals surface area contributed by atoms with Gasteiger partial charge in [0.1, 0.15) is 23.7 Å². The van der Waals surface area contributed by atoms with E-state index >= 15 is 0 Å². The topological polar surface area (TPSA) is 175 Å². The minimum absolute atomic E-state index is 0.129. The molecule has 4 N–H and O–H groups in total. The number of aromatic nitrogens is 4. The van der Waals surface area contributed by atoms with Crippen molar-refractivity contribution in [3.63, 3.8) is 0 Å². The number of aromatic amines is 2. The van der Waals surface area contributed by atoms with E-state index in [-0.39, 0.29) is 17.7 Å². The third kappa shape index (κ3) is 8.37. The Morgan fingerprint density at radius 1 is 0.770 bits per heavy atom. The molecule has 4 aromatic rings. The van der Waals surface area contributed by atoms with E-state index in [1.807, 2.05) is 43.0 Å². The lowest BCUT2D eigenvalue weighted by atomic mass is 9.82. The minimum atomic E-state index is -0.725. The number of carbonyl (C=O) groups excluding carboxylic acids is 4. The first-order valence-corrected chi connectivity index (χ1v) is 21.9. The second kappa shape index (κ2) is 17.7. The largest absolute Gasteiger partial charge is 0.453 e. The Labute approximate surface area is 359 Å². The predicted octanol–water partition coefficient (Wildman–Crippen LogP) is 7.84. The molecule has 14 nitrogen and oxygen atoms in total. The van der Waals surface area contributed by atoms with Crippen LogP contribution in [0.15, 0.2) is 48.8 Å². The average molecular weight is 835 g/mol. The van der Waals surface area contributed by atoms with Gasteiger partial charge in [0.2, 0.25) is 11.8 Å². The molecule has 14 heteroatoms. The highest BCUT2D eigenvalue weighted by atomic mass is 16.5. The molecule has 4 amide bonds. The number of hydrogen-bond acceptors (Lipinski definition) is 8. The van der Waals surface area contributed by atoms with Crippen LogP contribution in [0.4, 0.5) is 9.59 Å². The maximum Gasteiger partial charge on any atom is 0.407 e. The number of likely N-dealkylation sites (tertiary alicyclic amines) is 2. The lowest BCUT2D eigenvalue weighted by Gasteiger charge is -2.47. The number of rotatable bonds is 11. The number of imidazole rings is 2. The third-order valence-electron chi connectivity index (χ3n) is 13.5. The minimum Gasteiger partial charge on any atom is -0.453 e. The van der Waals surface area contributed by atoms with Crippen molar-refractivity contribution in [2.75, 3.05) is 27.3 Å². The van der Waals surface area contributed by atoms with Gasteiger partial charge in [-0.05, 0) is 111 Å². The summed E-state index contributed by atoms with van der Waals surface area (Å²) in [6.45, 7) is 13.2. The van der Waals surface area contributed by atoms with Crippen LogP contribution in [0, 0.1) is 11.8 Å². The van der Waals surface area contributed by atoms with E-state index in [4.69, 9.17) is 19.4 Å². The van der Waals surface area contributed by atoms with Gasteiger partial charge in [-0.1, -0.05) is 64.1 Å². The van der Waals surface area contributed by atoms with E-state index in [0.29, 0.717) is 25.4 Å². The van der Waals surface area contributed by atoms with Crippen LogP contribution in [-0.2, 0) is 43.0 Å². The van der Waals surface area contributed by atoms with Gasteiger partial charge in [0.25, 0.3) is 0 Å². The number of H-pyrrole nitrogens is 2. The van der Waals surface area contributed by atoms with Gasteiger partial charge >= 0.3 is 12.2 Å². The lowest BCUT2D eigenvalue weighted by Crippen LogP contribution is -2.60. The molecule has 61 heavy (non-hydrogen) atoms. The Hall–Kier alpha value is -5.66. The fourth-order valence-electron chi connectivity index (χ4n) is 9.69. The maximum atomic E-state index is 14.1. The Balaban J connectivity index is 1.11. The third-order valence-corrected chi connectivity index (χ3v) is 13.5. The number of benzene rings is 2. The molecule has 326 valence electrons. The van der Waals surface area contributed by atoms with Crippen LogP contribution >= 0.6 is 0 Å². The van der Waals surface area contributed by atoms with Crippen molar-refractivity contribution in [3.05, 3.63) is 71.6 Å². The van der Waals surface area contributed by atoms with Crippen molar-refractivity contribution in [2.45, 2.75) is 122 Å². The zero-order valence-electron chi connectivity index (χ0n) is 36.9. The number of methoxy groups -OCH3 is 2. The molecule has 2 aliphatic heterocycles. The number of ether oxygens (including phenoxy) is 2. The first-order valence-electron chi connectivity index (χ1n) is 21.9. The highest BCUT2D eigenvalue weighted by Gasteiger charge is 2.46. The predicted molar refractivity (Wildman–Crippen MR) is 233 cm³/mol. The highest BCUT2D eigenvalue weighted by molar-refractivity contribution is 5.87. The second-order valence-electron chi connectivity index (χ2n) is 17.9. The molecule has 2 aromatic carbocycles. The Bertz CT molecular complexity index is 2250. The van der Waals surface area contributed by atoms with Crippen molar-refractivity contribution in [1.82, 2.24) is 40.4 Å². The standard InChI is InChI=1S/C47H62N8O6/c1-9-36(52-44(58)60-7)40(56)54-24-11-10-22-46(54,5)42-49-26-38(51-42)35-20-19-32(33-13-12-14-34(33)35)30-15-17-31(18-16-30)37-25-48-43(50-37)47(6)23-21-29(4)27-55(47)41(57)39(28(2)3)53-45(59)61-8/h15-20,25-26,28-29,36,39H,9-14,21-24,27H2,1-8H3,(H,48,50)(H,49,51)(H,52,58)(H,53,59). The summed E-state index contributed by atoms with van der Waals surface area (Å²) in [5.41, 5.74) is 7.61. The van der Waals surface area contributed by atoms with Crippen molar-refractivity contribution in [2.24, 2.45) is 11.8 Å². The van der Waals surface area contributed by atoms with Crippen molar-refractivity contribution < 1.29 is 28.7 Å². The van der Waals surface area contributed by atoms with E-state index in [9.17, 15) is 19.2 Å². The molecule has 2 fully saturated rings. The highest BCUT2D eigenvalue weighted by Crippen LogP contribution is 2.43. The Morgan fingerprint density at radius 3 is 2.02 bits per heavy atom. The molecule has 0 bridgehead atoms. The number of nitrogens with zero attached hydrogens (tertiary/aromatic N) is 4. The maximum absolute atomic E-state index is 14.1. The summed E-state index contributed by atoms with van der Waals surface area (Å²) in [5, 5.41) is 5.47. The molecule has 2 saturated heterocycles. The summed E-state index contributed by atoms with van der Waals surface area (Å²) in [6.07, 6.45) is 10.3. The van der Waals surface area contributed by atoms with E-state index in [1.165, 1.54) is 30.9 Å². The SMILES string of the molecule is CCC(NC(=O)OC)C(=O)N1CCCCC1(C)c1ncc(-c2ccc(-c3ccc(-c4cnc(C5(C)CCC(C)CN5C(=O)C(NC(=O)OC)C(C)C)[nH]4)cc3)c3c2CCC3)[nH]1. The van der Waals surface area contributed by atoms with Crippen molar-refractivity contribution in [1.29, 1.82) is 0 Å². The zero-order valence-corrected chi connectivity index (χ0v) is 36.9. The smallest absolute Gasteiger partial charge is 0.407 e. The number of amides is 4. The second-order valence-corrected chi connectivity index (χ2v) is 17.9. The van der Waals surface area contributed by atoms with Gasteiger partial charge in [-0.3, -0.25) is 9.59 Å². The molecule has 5 unspecified atom stereocenters. The first-order chi connectivity index (χ1) is 29.2. The zero-order chi connectivity index (χ0) is 43.6. The number of alkyl carbamates (subject to hydrolysis) is 2. The van der Waals surface area contributed by atoms with E-state index < -0.39 is 35.3 Å². The summed E-state index contributed by atoms with van der Waals surface area (Å²) < 4.78 is 9.64. The molecular formula is C47H62N8O6. The molecule has 0 radical (unpaired) electrons. The molecule has 1 aliphatic carbocycles. The van der Waals surface area contributed by atoms with Crippen LogP contribution in [0.1, 0.15) is 109 Å². The summed E-state index contributed by atoms with van der Waals surface area (Å²) in [6, 6.07) is 11.6. The Morgan fingerprint density at radius 2 is 1.36 bits per heavy atom. The van der Waals surface area contributed by atoms with Crippen molar-refractivity contribution >= 4 is 24.0 Å². The first kappa shape index (κ1) is 43.4. The number of fused-ring (bicyclic) bond motifs is 1. The van der Waals surface area contributed by atoms with Gasteiger partial charge < -0.3 is 39.9 Å². The lowest BCUT2D eigenvalue weighted by molar-refractivity contribution is -0.145. The monoisotopic (exact) mass is 834 g/mol. The van der Waals surface area contributed by atoms with Gasteiger partial charge in [-0.25, -0.2) is 19.6 Å². The van der Waals surface area contributed by atoms with Crippen LogP contribution < -0.4 is 10.6 Å².